The Morgan fingerprint density at radius 1 is 1.43 bits per heavy atom. The van der Waals surface area contributed by atoms with E-state index in [1.165, 1.54) is 0 Å². The molecule has 0 saturated heterocycles. The van der Waals surface area contributed by atoms with Crippen molar-refractivity contribution >= 4 is 44.6 Å². The van der Waals surface area contributed by atoms with E-state index in [2.05, 4.69) is 25.9 Å². The number of anilines is 1. The number of halogens is 2. The van der Waals surface area contributed by atoms with E-state index in [-0.39, 0.29) is 0 Å². The lowest BCUT2D eigenvalue weighted by atomic mass is 10.2. The molecular formula is C14H12BrClN4O. The maximum atomic E-state index is 6.27. The van der Waals surface area contributed by atoms with Gasteiger partial charge in [-0.25, -0.2) is 9.97 Å². The molecule has 0 amide bonds. The summed E-state index contributed by atoms with van der Waals surface area (Å²) in [6, 6.07) is 7.40. The van der Waals surface area contributed by atoms with Crippen molar-refractivity contribution in [3.63, 3.8) is 0 Å². The number of benzene rings is 1. The third-order valence-corrected chi connectivity index (χ3v) is 3.98. The molecule has 7 heteroatoms. The van der Waals surface area contributed by atoms with Crippen LogP contribution in [0.25, 0.3) is 11.2 Å². The van der Waals surface area contributed by atoms with Gasteiger partial charge in [-0.2, -0.15) is 0 Å². The van der Waals surface area contributed by atoms with Crippen molar-refractivity contribution in [2.24, 2.45) is 0 Å². The number of imidazole rings is 1. The fourth-order valence-electron chi connectivity index (χ4n) is 2.20. The molecule has 0 radical (unpaired) electrons. The van der Waals surface area contributed by atoms with Crippen molar-refractivity contribution in [1.82, 2.24) is 14.5 Å². The van der Waals surface area contributed by atoms with Gasteiger partial charge in [0.15, 0.2) is 5.65 Å². The summed E-state index contributed by atoms with van der Waals surface area (Å²) < 4.78 is 8.03. The van der Waals surface area contributed by atoms with Gasteiger partial charge in [-0.05, 0) is 34.1 Å². The Balaban J connectivity index is 2.12. The Morgan fingerprint density at radius 2 is 2.24 bits per heavy atom. The van der Waals surface area contributed by atoms with E-state index in [1.54, 1.807) is 13.3 Å². The first-order valence-electron chi connectivity index (χ1n) is 6.19. The van der Waals surface area contributed by atoms with Crippen LogP contribution in [0.1, 0.15) is 5.56 Å². The second-order valence-corrected chi connectivity index (χ2v) is 5.80. The number of nitrogens with zero attached hydrogens (tertiary/aromatic N) is 3. The molecule has 0 spiro atoms. The average molecular weight is 368 g/mol. The first-order valence-corrected chi connectivity index (χ1v) is 7.36. The van der Waals surface area contributed by atoms with Crippen LogP contribution < -0.4 is 10.5 Å². The molecule has 0 aliphatic heterocycles. The van der Waals surface area contributed by atoms with Crippen molar-refractivity contribution in [3.05, 3.63) is 45.5 Å². The molecular weight excluding hydrogens is 356 g/mol. The van der Waals surface area contributed by atoms with Crippen LogP contribution in [0.2, 0.25) is 5.02 Å². The van der Waals surface area contributed by atoms with Gasteiger partial charge >= 0.3 is 0 Å². The van der Waals surface area contributed by atoms with Crippen LogP contribution >= 0.6 is 27.5 Å². The van der Waals surface area contributed by atoms with E-state index in [4.69, 9.17) is 22.1 Å². The molecule has 3 aromatic rings. The summed E-state index contributed by atoms with van der Waals surface area (Å²) in [6.07, 6.45) is 1.71. The predicted molar refractivity (Wildman–Crippen MR) is 86.7 cm³/mol. The zero-order valence-electron chi connectivity index (χ0n) is 11.2. The van der Waals surface area contributed by atoms with Gasteiger partial charge in [-0.1, -0.05) is 17.7 Å². The molecule has 0 atom stereocenters. The monoisotopic (exact) mass is 366 g/mol. The van der Waals surface area contributed by atoms with Gasteiger partial charge in [0.25, 0.3) is 0 Å². The number of hydrogen-bond acceptors (Lipinski definition) is 4. The van der Waals surface area contributed by atoms with Crippen LogP contribution in [0.15, 0.2) is 34.9 Å². The van der Waals surface area contributed by atoms with Crippen LogP contribution in [0.3, 0.4) is 0 Å². The fraction of sp³-hybridized carbons (Fsp3) is 0.143. The van der Waals surface area contributed by atoms with E-state index in [1.807, 2.05) is 28.8 Å². The van der Waals surface area contributed by atoms with E-state index >= 15 is 0 Å². The summed E-state index contributed by atoms with van der Waals surface area (Å²) >= 11 is 9.65. The van der Waals surface area contributed by atoms with Crippen LogP contribution in [0.5, 0.6) is 5.75 Å². The summed E-state index contributed by atoms with van der Waals surface area (Å²) in [4.78, 5) is 8.69. The predicted octanol–water partition coefficient (Wildman–Crippen LogP) is 3.49. The van der Waals surface area contributed by atoms with Gasteiger partial charge in [0, 0.05) is 21.3 Å². The highest BCUT2D eigenvalue weighted by molar-refractivity contribution is 9.10. The largest absolute Gasteiger partial charge is 0.496 e. The van der Waals surface area contributed by atoms with E-state index in [0.717, 1.165) is 15.6 Å². The smallest absolute Gasteiger partial charge is 0.202 e. The van der Waals surface area contributed by atoms with Crippen molar-refractivity contribution in [3.8, 4) is 5.75 Å². The number of nitrogen functional groups attached to an aromatic ring is 1. The molecule has 0 fully saturated rings. The molecule has 0 unspecified atom stereocenters. The summed E-state index contributed by atoms with van der Waals surface area (Å²) in [6.45, 7) is 0.444. The SMILES string of the molecule is COc1cccc(Cl)c1Cn1c(N)nc2cc(Br)cnc21. The van der Waals surface area contributed by atoms with Crippen molar-refractivity contribution in [2.45, 2.75) is 6.54 Å². The van der Waals surface area contributed by atoms with Gasteiger partial charge in [-0.15, -0.1) is 0 Å². The zero-order chi connectivity index (χ0) is 15.0. The standard InChI is InChI=1S/C14H12BrClN4O/c1-21-12-4-2-3-10(16)9(12)7-20-13-11(19-14(20)17)5-8(15)6-18-13/h2-6H,7H2,1H3,(H2,17,19). The van der Waals surface area contributed by atoms with Crippen LogP contribution in [-0.4, -0.2) is 21.6 Å². The highest BCUT2D eigenvalue weighted by Gasteiger charge is 2.14. The highest BCUT2D eigenvalue weighted by Crippen LogP contribution is 2.29. The maximum absolute atomic E-state index is 6.27. The molecule has 108 valence electrons. The Hall–Kier alpha value is -1.79. The van der Waals surface area contributed by atoms with Crippen molar-refractivity contribution < 1.29 is 4.74 Å². The fourth-order valence-corrected chi connectivity index (χ4v) is 2.75. The number of nitrogens with two attached hydrogens (primary N) is 1. The normalized spacial score (nSPS) is 11.0. The summed E-state index contributed by atoms with van der Waals surface area (Å²) in [5, 5.41) is 0.618. The highest BCUT2D eigenvalue weighted by atomic mass is 79.9. The molecule has 21 heavy (non-hydrogen) atoms. The average Bonchev–Trinajstić information content (AvgIpc) is 2.76. The number of methoxy groups -OCH3 is 1. The Kier molecular flexibility index (Phi) is 3.73. The summed E-state index contributed by atoms with van der Waals surface area (Å²) in [5.41, 5.74) is 8.29. The summed E-state index contributed by atoms with van der Waals surface area (Å²) in [5.74, 6) is 1.10. The van der Waals surface area contributed by atoms with Gasteiger partial charge in [0.2, 0.25) is 5.95 Å². The lowest BCUT2D eigenvalue weighted by Gasteiger charge is -2.12. The Labute approximate surface area is 134 Å². The molecule has 0 aliphatic rings. The topological polar surface area (TPSA) is 66.0 Å². The molecule has 2 aromatic heterocycles. The first kappa shape index (κ1) is 14.2. The third-order valence-electron chi connectivity index (χ3n) is 3.19. The Bertz CT molecular complexity index is 818. The molecule has 3 rings (SSSR count). The minimum Gasteiger partial charge on any atom is -0.496 e. The molecule has 5 nitrogen and oxygen atoms in total. The minimum absolute atomic E-state index is 0.387. The van der Waals surface area contributed by atoms with Crippen LogP contribution in [-0.2, 0) is 6.54 Å². The van der Waals surface area contributed by atoms with Gasteiger partial charge in [0.1, 0.15) is 11.3 Å². The molecule has 0 aliphatic carbocycles. The number of rotatable bonds is 3. The lowest BCUT2D eigenvalue weighted by molar-refractivity contribution is 0.408. The molecule has 2 heterocycles. The van der Waals surface area contributed by atoms with Crippen molar-refractivity contribution in [1.29, 1.82) is 0 Å². The lowest BCUT2D eigenvalue weighted by Crippen LogP contribution is -2.07. The third kappa shape index (κ3) is 2.56. The second-order valence-electron chi connectivity index (χ2n) is 4.47. The number of aromatic nitrogens is 3. The van der Waals surface area contributed by atoms with Gasteiger partial charge in [0.05, 0.1) is 13.7 Å². The van der Waals surface area contributed by atoms with Crippen LogP contribution in [0.4, 0.5) is 5.95 Å². The maximum Gasteiger partial charge on any atom is 0.202 e. The molecule has 0 saturated carbocycles. The van der Waals surface area contributed by atoms with Gasteiger partial charge in [-0.3, -0.25) is 4.57 Å². The van der Waals surface area contributed by atoms with Crippen LogP contribution in [0, 0.1) is 0 Å². The zero-order valence-corrected chi connectivity index (χ0v) is 13.5. The number of hydrogen-bond donors (Lipinski definition) is 1. The minimum atomic E-state index is 0.387. The van der Waals surface area contributed by atoms with Crippen molar-refractivity contribution in [2.75, 3.05) is 12.8 Å². The molecule has 0 bridgehead atoms. The quantitative estimate of drug-likeness (QED) is 0.769. The molecule has 1 aromatic carbocycles. The second kappa shape index (κ2) is 5.54. The van der Waals surface area contributed by atoms with Gasteiger partial charge < -0.3 is 10.5 Å². The summed E-state index contributed by atoms with van der Waals surface area (Å²) in [7, 11) is 1.61. The number of fused-ring (bicyclic) bond motifs is 1. The first-order chi connectivity index (χ1) is 10.1. The number of ether oxygens (including phenoxy) is 1. The van der Waals surface area contributed by atoms with E-state index in [9.17, 15) is 0 Å². The Morgan fingerprint density at radius 3 is 3.00 bits per heavy atom. The number of pyridine rings is 1. The van der Waals surface area contributed by atoms with E-state index < -0.39 is 0 Å². The van der Waals surface area contributed by atoms with E-state index in [0.29, 0.717) is 28.9 Å². The molecule has 2 N–H and O–H groups in total.